The molecule has 1 aromatic carbocycles. The van der Waals surface area contributed by atoms with Crippen molar-refractivity contribution in [2.24, 2.45) is 0 Å². The highest BCUT2D eigenvalue weighted by Gasteiger charge is 2.28. The molecule has 0 aliphatic heterocycles. The summed E-state index contributed by atoms with van der Waals surface area (Å²) in [4.78, 5) is 26.9. The van der Waals surface area contributed by atoms with Crippen molar-refractivity contribution in [3.05, 3.63) is 51.0 Å². The summed E-state index contributed by atoms with van der Waals surface area (Å²) in [6, 6.07) is 6.31. The Morgan fingerprint density at radius 3 is 2.54 bits per heavy atom. The average Bonchev–Trinajstić information content (AvgIpc) is 3.06. The van der Waals surface area contributed by atoms with E-state index in [-0.39, 0.29) is 12.5 Å². The van der Waals surface area contributed by atoms with Gasteiger partial charge in [-0.2, -0.15) is 0 Å². The number of nitrogens with zero attached hydrogens (tertiary/aromatic N) is 1. The van der Waals surface area contributed by atoms with Crippen LogP contribution in [-0.4, -0.2) is 23.1 Å². The number of carbonyl (C=O) groups is 2. The number of aromatic nitrogens is 1. The molecule has 0 unspecified atom stereocenters. The van der Waals surface area contributed by atoms with Gasteiger partial charge >= 0.3 is 5.97 Å². The fraction of sp³-hybridized carbons (Fsp3) is 0.364. The van der Waals surface area contributed by atoms with E-state index < -0.39 is 5.97 Å². The van der Waals surface area contributed by atoms with Gasteiger partial charge in [-0.25, -0.2) is 4.79 Å². The van der Waals surface area contributed by atoms with Gasteiger partial charge in [0.1, 0.15) is 4.83 Å². The summed E-state index contributed by atoms with van der Waals surface area (Å²) in [6.45, 7) is 12.3. The van der Waals surface area contributed by atoms with Crippen LogP contribution in [0.3, 0.4) is 0 Å². The molecule has 1 N–H and O–H groups in total. The lowest BCUT2D eigenvalue weighted by Gasteiger charge is -2.14. The molecule has 0 atom stereocenters. The van der Waals surface area contributed by atoms with Gasteiger partial charge in [0.2, 0.25) is 5.91 Å². The second-order valence-electron chi connectivity index (χ2n) is 7.10. The smallest absolute Gasteiger partial charge is 0.357 e. The number of carbonyl (C=O) groups excluding carboxylic acids is 2. The zero-order chi connectivity index (χ0) is 20.6. The maximum atomic E-state index is 12.9. The molecule has 0 aliphatic rings. The van der Waals surface area contributed by atoms with Gasteiger partial charge in [-0.05, 0) is 51.3 Å². The number of benzene rings is 1. The van der Waals surface area contributed by atoms with E-state index in [2.05, 4.69) is 44.3 Å². The number of fused-ring (bicyclic) bond motifs is 1. The zero-order valence-corrected chi connectivity index (χ0v) is 18.0. The van der Waals surface area contributed by atoms with Crippen molar-refractivity contribution in [2.75, 3.05) is 11.9 Å². The summed E-state index contributed by atoms with van der Waals surface area (Å²) in [5.41, 5.74) is 5.50. The van der Waals surface area contributed by atoms with Gasteiger partial charge in [-0.1, -0.05) is 23.8 Å². The largest absolute Gasteiger partial charge is 0.461 e. The van der Waals surface area contributed by atoms with Crippen LogP contribution in [0, 0.1) is 27.7 Å². The lowest BCUT2D eigenvalue weighted by Crippen LogP contribution is -2.17. The Bertz CT molecular complexity index is 1080. The minimum atomic E-state index is -0.419. The van der Waals surface area contributed by atoms with E-state index in [9.17, 15) is 9.59 Å². The van der Waals surface area contributed by atoms with Gasteiger partial charge in [0.25, 0.3) is 0 Å². The van der Waals surface area contributed by atoms with Crippen LogP contribution in [0.25, 0.3) is 10.2 Å². The molecule has 28 heavy (non-hydrogen) atoms. The van der Waals surface area contributed by atoms with Crippen LogP contribution in [0.4, 0.5) is 5.69 Å². The van der Waals surface area contributed by atoms with Crippen LogP contribution in [0.15, 0.2) is 18.2 Å². The third-order valence-electron chi connectivity index (χ3n) is 4.97. The number of esters is 1. The molecule has 1 amide bonds. The van der Waals surface area contributed by atoms with Crippen molar-refractivity contribution in [1.82, 2.24) is 4.57 Å². The zero-order valence-electron chi connectivity index (χ0n) is 17.2. The molecule has 0 saturated carbocycles. The van der Waals surface area contributed by atoms with E-state index in [1.54, 1.807) is 18.3 Å². The monoisotopic (exact) mass is 398 g/mol. The molecular weight excluding hydrogens is 372 g/mol. The number of amides is 1. The SMILES string of the molecule is CCOC(=O)c1c(NC(C)=O)c2c(C)c(C)sc2n1Cc1cc(C)ccc1C. The molecule has 0 saturated heterocycles. The first-order valence-corrected chi connectivity index (χ1v) is 10.2. The number of rotatable bonds is 5. The van der Waals surface area contributed by atoms with Crippen LogP contribution in [0.1, 0.15) is 51.5 Å². The van der Waals surface area contributed by atoms with Crippen molar-refractivity contribution >= 4 is 39.1 Å². The summed E-state index contributed by atoms with van der Waals surface area (Å²) < 4.78 is 7.34. The van der Waals surface area contributed by atoms with Crippen molar-refractivity contribution < 1.29 is 14.3 Å². The molecule has 2 heterocycles. The van der Waals surface area contributed by atoms with Crippen LogP contribution in [0.2, 0.25) is 0 Å². The second-order valence-corrected chi connectivity index (χ2v) is 8.31. The van der Waals surface area contributed by atoms with Crippen molar-refractivity contribution in [3.63, 3.8) is 0 Å². The van der Waals surface area contributed by atoms with Crippen LogP contribution >= 0.6 is 11.3 Å². The third-order valence-corrected chi connectivity index (χ3v) is 6.20. The molecule has 3 aromatic rings. The van der Waals surface area contributed by atoms with Crippen molar-refractivity contribution in [1.29, 1.82) is 0 Å². The number of hydrogen-bond donors (Lipinski definition) is 1. The molecule has 148 valence electrons. The minimum absolute atomic E-state index is 0.209. The maximum Gasteiger partial charge on any atom is 0.357 e. The van der Waals surface area contributed by atoms with E-state index in [1.165, 1.54) is 17.4 Å². The second kappa shape index (κ2) is 7.80. The highest BCUT2D eigenvalue weighted by Crippen LogP contribution is 2.41. The molecule has 2 aromatic heterocycles. The fourth-order valence-electron chi connectivity index (χ4n) is 3.45. The summed E-state index contributed by atoms with van der Waals surface area (Å²) in [5, 5.41) is 3.81. The Morgan fingerprint density at radius 2 is 1.89 bits per heavy atom. The Kier molecular flexibility index (Phi) is 5.61. The van der Waals surface area contributed by atoms with E-state index in [4.69, 9.17) is 4.74 Å². The molecule has 0 fully saturated rings. The summed E-state index contributed by atoms with van der Waals surface area (Å²) >= 11 is 1.64. The molecular formula is C22H26N2O3S. The van der Waals surface area contributed by atoms with Gasteiger partial charge in [0.15, 0.2) is 5.69 Å². The number of thiophene rings is 1. The summed E-state index contributed by atoms with van der Waals surface area (Å²) in [6.07, 6.45) is 0. The lowest BCUT2D eigenvalue weighted by atomic mass is 10.1. The average molecular weight is 399 g/mol. The first kappa shape index (κ1) is 20.1. The molecule has 0 radical (unpaired) electrons. The predicted octanol–water partition coefficient (Wildman–Crippen LogP) is 5.12. The van der Waals surface area contributed by atoms with E-state index in [0.717, 1.165) is 26.9 Å². The first-order chi connectivity index (χ1) is 13.2. The van der Waals surface area contributed by atoms with Gasteiger partial charge in [-0.15, -0.1) is 11.3 Å². The number of anilines is 1. The van der Waals surface area contributed by atoms with Gasteiger partial charge in [0.05, 0.1) is 12.3 Å². The minimum Gasteiger partial charge on any atom is -0.461 e. The Morgan fingerprint density at radius 1 is 1.18 bits per heavy atom. The first-order valence-electron chi connectivity index (χ1n) is 9.37. The van der Waals surface area contributed by atoms with Crippen LogP contribution < -0.4 is 5.32 Å². The van der Waals surface area contributed by atoms with E-state index >= 15 is 0 Å². The normalized spacial score (nSPS) is 11.1. The number of hydrogen-bond acceptors (Lipinski definition) is 4. The molecule has 3 rings (SSSR count). The predicted molar refractivity (Wildman–Crippen MR) is 115 cm³/mol. The number of aryl methyl sites for hydroxylation is 4. The molecule has 6 heteroatoms. The van der Waals surface area contributed by atoms with Crippen molar-refractivity contribution in [2.45, 2.75) is 48.1 Å². The summed E-state index contributed by atoms with van der Waals surface area (Å²) in [7, 11) is 0. The molecule has 5 nitrogen and oxygen atoms in total. The van der Waals surface area contributed by atoms with E-state index in [1.807, 2.05) is 11.5 Å². The Balaban J connectivity index is 2.31. The highest BCUT2D eigenvalue weighted by atomic mass is 32.1. The lowest BCUT2D eigenvalue weighted by molar-refractivity contribution is -0.114. The molecule has 0 spiro atoms. The highest BCUT2D eigenvalue weighted by molar-refractivity contribution is 7.19. The topological polar surface area (TPSA) is 60.3 Å². The van der Waals surface area contributed by atoms with Gasteiger partial charge in [0, 0.05) is 23.7 Å². The van der Waals surface area contributed by atoms with Crippen molar-refractivity contribution in [3.8, 4) is 0 Å². The Hall–Kier alpha value is -2.60. The third kappa shape index (κ3) is 3.56. The molecule has 0 bridgehead atoms. The number of ether oxygens (including phenoxy) is 1. The van der Waals surface area contributed by atoms with Crippen LogP contribution in [0.5, 0.6) is 0 Å². The molecule has 0 aliphatic carbocycles. The van der Waals surface area contributed by atoms with E-state index in [0.29, 0.717) is 17.9 Å². The van der Waals surface area contributed by atoms with Crippen LogP contribution in [-0.2, 0) is 16.1 Å². The maximum absolute atomic E-state index is 12.9. The summed E-state index contributed by atoms with van der Waals surface area (Å²) in [5.74, 6) is -0.628. The van der Waals surface area contributed by atoms with Gasteiger partial charge in [-0.3, -0.25) is 4.79 Å². The fourth-order valence-corrected chi connectivity index (χ4v) is 4.62. The Labute approximate surface area is 169 Å². The standard InChI is InChI=1S/C22H26N2O3S/c1-7-27-22(26)20-19(23-16(6)25)18-14(4)15(5)28-21(18)24(20)11-17-10-12(2)8-9-13(17)3/h8-10H,7,11H2,1-6H3,(H,23,25). The quantitative estimate of drug-likeness (QED) is 0.607. The number of nitrogens with one attached hydrogen (secondary N) is 1. The van der Waals surface area contributed by atoms with Gasteiger partial charge < -0.3 is 14.6 Å².